The first-order valence-corrected chi connectivity index (χ1v) is 7.34. The standard InChI is InChI=1S/C17H17FN2O3/c1-17(2)6-5-13-14(15(17)22)10(8-19-13)16(23)20-12-4-3-9(21)7-11(12)18/h3-4,7-8,19,21H,5-6H2,1-2H3,(H,20,23). The molecule has 0 atom stereocenters. The normalized spacial score (nSPS) is 16.0. The molecule has 0 fully saturated rings. The number of anilines is 1. The van der Waals surface area contributed by atoms with Crippen LogP contribution < -0.4 is 5.32 Å². The van der Waals surface area contributed by atoms with E-state index in [2.05, 4.69) is 10.3 Å². The van der Waals surface area contributed by atoms with Crippen LogP contribution in [0.1, 0.15) is 46.7 Å². The van der Waals surface area contributed by atoms with E-state index in [9.17, 15) is 19.1 Å². The van der Waals surface area contributed by atoms with Crippen molar-refractivity contribution in [2.75, 3.05) is 5.32 Å². The number of Topliss-reactive ketones (excluding diaryl/α,β-unsaturated/α-hetero) is 1. The first kappa shape index (κ1) is 15.3. The Morgan fingerprint density at radius 3 is 2.83 bits per heavy atom. The average Bonchev–Trinajstić information content (AvgIpc) is 2.90. The zero-order chi connectivity index (χ0) is 16.8. The lowest BCUT2D eigenvalue weighted by atomic mass is 9.74. The first-order valence-electron chi connectivity index (χ1n) is 7.34. The van der Waals surface area contributed by atoms with Crippen molar-refractivity contribution in [3.05, 3.63) is 47.0 Å². The van der Waals surface area contributed by atoms with Gasteiger partial charge in [0.15, 0.2) is 5.78 Å². The Labute approximate surface area is 132 Å². The van der Waals surface area contributed by atoms with Crippen molar-refractivity contribution < 1.29 is 19.1 Å². The maximum atomic E-state index is 13.7. The second kappa shape index (κ2) is 5.22. The summed E-state index contributed by atoms with van der Waals surface area (Å²) in [6.45, 7) is 3.71. The minimum absolute atomic E-state index is 0.0507. The highest BCUT2D eigenvalue weighted by Crippen LogP contribution is 2.36. The molecule has 1 aliphatic carbocycles. The van der Waals surface area contributed by atoms with Gasteiger partial charge in [-0.1, -0.05) is 13.8 Å². The monoisotopic (exact) mass is 316 g/mol. The molecule has 0 spiro atoms. The SMILES string of the molecule is CC1(C)CCc2[nH]cc(C(=O)Nc3ccc(O)cc3F)c2C1=O. The molecule has 0 bridgehead atoms. The van der Waals surface area contributed by atoms with Crippen LogP contribution in [0.15, 0.2) is 24.4 Å². The Kier molecular flexibility index (Phi) is 3.47. The molecule has 1 amide bonds. The van der Waals surface area contributed by atoms with Crippen molar-refractivity contribution in [2.24, 2.45) is 5.41 Å². The van der Waals surface area contributed by atoms with Crippen molar-refractivity contribution in [3.8, 4) is 5.75 Å². The van der Waals surface area contributed by atoms with E-state index in [4.69, 9.17) is 0 Å². The number of hydrogen-bond acceptors (Lipinski definition) is 3. The van der Waals surface area contributed by atoms with Crippen LogP contribution in [0.25, 0.3) is 0 Å². The Bertz CT molecular complexity index is 808. The number of aromatic hydroxyl groups is 1. The molecule has 0 unspecified atom stereocenters. The number of nitrogens with one attached hydrogen (secondary N) is 2. The predicted octanol–water partition coefficient (Wildman–Crippen LogP) is 3.27. The van der Waals surface area contributed by atoms with Gasteiger partial charge in [0.1, 0.15) is 11.6 Å². The number of halogens is 1. The highest BCUT2D eigenvalue weighted by atomic mass is 19.1. The Morgan fingerprint density at radius 2 is 2.13 bits per heavy atom. The van der Waals surface area contributed by atoms with Crippen molar-refractivity contribution >= 4 is 17.4 Å². The number of H-pyrrole nitrogens is 1. The van der Waals surface area contributed by atoms with E-state index in [1.54, 1.807) is 0 Å². The van der Waals surface area contributed by atoms with Gasteiger partial charge >= 0.3 is 0 Å². The average molecular weight is 316 g/mol. The number of aromatic amines is 1. The van der Waals surface area contributed by atoms with Gasteiger partial charge in [0.2, 0.25) is 0 Å². The van der Waals surface area contributed by atoms with Crippen LogP contribution in [0.4, 0.5) is 10.1 Å². The molecule has 5 nitrogen and oxygen atoms in total. The van der Waals surface area contributed by atoms with Crippen LogP contribution in [0.3, 0.4) is 0 Å². The third-order valence-electron chi connectivity index (χ3n) is 4.25. The number of phenols is 1. The largest absolute Gasteiger partial charge is 0.508 e. The molecule has 1 aliphatic rings. The highest BCUT2D eigenvalue weighted by Gasteiger charge is 2.38. The summed E-state index contributed by atoms with van der Waals surface area (Å²) >= 11 is 0. The van der Waals surface area contributed by atoms with Gasteiger partial charge < -0.3 is 15.4 Å². The van der Waals surface area contributed by atoms with E-state index in [1.165, 1.54) is 18.3 Å². The van der Waals surface area contributed by atoms with Gasteiger partial charge in [-0.2, -0.15) is 0 Å². The van der Waals surface area contributed by atoms with Crippen LogP contribution in [-0.4, -0.2) is 21.8 Å². The maximum Gasteiger partial charge on any atom is 0.258 e. The minimum Gasteiger partial charge on any atom is -0.508 e. The van der Waals surface area contributed by atoms with Crippen LogP contribution in [0.2, 0.25) is 0 Å². The lowest BCUT2D eigenvalue weighted by molar-refractivity contribution is 0.0805. The topological polar surface area (TPSA) is 82.2 Å². The van der Waals surface area contributed by atoms with Gasteiger partial charge in [-0.15, -0.1) is 0 Å². The molecule has 0 saturated carbocycles. The Hall–Kier alpha value is -2.63. The number of carbonyl (C=O) groups excluding carboxylic acids is 2. The predicted molar refractivity (Wildman–Crippen MR) is 83.2 cm³/mol. The summed E-state index contributed by atoms with van der Waals surface area (Å²) in [4.78, 5) is 28.0. The molecule has 3 N–H and O–H groups in total. The number of ketones is 1. The fraction of sp³-hybridized carbons (Fsp3) is 0.294. The third-order valence-corrected chi connectivity index (χ3v) is 4.25. The number of aryl methyl sites for hydroxylation is 1. The number of rotatable bonds is 2. The number of carbonyl (C=O) groups is 2. The van der Waals surface area contributed by atoms with Crippen molar-refractivity contribution in [1.29, 1.82) is 0 Å². The number of benzene rings is 1. The van der Waals surface area contributed by atoms with Gasteiger partial charge in [0.05, 0.1) is 16.8 Å². The van der Waals surface area contributed by atoms with Gasteiger partial charge in [-0.25, -0.2) is 4.39 Å². The van der Waals surface area contributed by atoms with Crippen molar-refractivity contribution in [2.45, 2.75) is 26.7 Å². The summed E-state index contributed by atoms with van der Waals surface area (Å²) in [6.07, 6.45) is 2.89. The smallest absolute Gasteiger partial charge is 0.258 e. The van der Waals surface area contributed by atoms with E-state index >= 15 is 0 Å². The zero-order valence-corrected chi connectivity index (χ0v) is 12.9. The number of aromatic nitrogens is 1. The Morgan fingerprint density at radius 1 is 1.39 bits per heavy atom. The van der Waals surface area contributed by atoms with E-state index in [0.29, 0.717) is 18.4 Å². The van der Waals surface area contributed by atoms with E-state index < -0.39 is 17.1 Å². The molecular weight excluding hydrogens is 299 g/mol. The van der Waals surface area contributed by atoms with E-state index in [-0.39, 0.29) is 22.8 Å². The summed E-state index contributed by atoms with van der Waals surface area (Å²) in [7, 11) is 0. The summed E-state index contributed by atoms with van der Waals surface area (Å²) in [6, 6.07) is 3.46. The zero-order valence-electron chi connectivity index (χ0n) is 12.9. The van der Waals surface area contributed by atoms with Crippen LogP contribution >= 0.6 is 0 Å². The molecule has 3 rings (SSSR count). The lowest BCUT2D eigenvalue weighted by Gasteiger charge is -2.28. The minimum atomic E-state index is -0.741. The molecule has 23 heavy (non-hydrogen) atoms. The quantitative estimate of drug-likeness (QED) is 0.744. The molecule has 1 aromatic carbocycles. The van der Waals surface area contributed by atoms with Gasteiger partial charge in [0.25, 0.3) is 5.91 Å². The van der Waals surface area contributed by atoms with E-state index in [0.717, 1.165) is 11.8 Å². The second-order valence-corrected chi connectivity index (χ2v) is 6.39. The van der Waals surface area contributed by atoms with Gasteiger partial charge in [-0.3, -0.25) is 9.59 Å². The van der Waals surface area contributed by atoms with Crippen LogP contribution in [-0.2, 0) is 6.42 Å². The molecule has 2 aromatic rings. The Balaban J connectivity index is 1.93. The molecule has 120 valence electrons. The number of hydrogen-bond donors (Lipinski definition) is 3. The summed E-state index contributed by atoms with van der Waals surface area (Å²) in [5.41, 5.74) is 0.771. The summed E-state index contributed by atoms with van der Waals surface area (Å²) in [5, 5.41) is 11.6. The second-order valence-electron chi connectivity index (χ2n) is 6.39. The molecule has 1 heterocycles. The fourth-order valence-electron chi connectivity index (χ4n) is 2.79. The number of fused-ring (bicyclic) bond motifs is 1. The molecule has 1 aromatic heterocycles. The highest BCUT2D eigenvalue weighted by molar-refractivity contribution is 6.15. The molecule has 0 radical (unpaired) electrons. The maximum absolute atomic E-state index is 13.7. The molecule has 0 saturated heterocycles. The number of phenolic OH excluding ortho intramolecular Hbond substituents is 1. The van der Waals surface area contributed by atoms with Crippen molar-refractivity contribution in [1.82, 2.24) is 4.98 Å². The van der Waals surface area contributed by atoms with Crippen LogP contribution in [0.5, 0.6) is 5.75 Å². The molecule has 0 aliphatic heterocycles. The fourth-order valence-corrected chi connectivity index (χ4v) is 2.79. The molecular formula is C17H17FN2O3. The number of amides is 1. The van der Waals surface area contributed by atoms with Gasteiger partial charge in [-0.05, 0) is 25.0 Å². The van der Waals surface area contributed by atoms with Crippen LogP contribution in [0, 0.1) is 11.2 Å². The van der Waals surface area contributed by atoms with Crippen molar-refractivity contribution in [3.63, 3.8) is 0 Å². The summed E-state index contributed by atoms with van der Waals surface area (Å²) < 4.78 is 13.7. The van der Waals surface area contributed by atoms with Gasteiger partial charge in [0, 0.05) is 23.4 Å². The van der Waals surface area contributed by atoms with E-state index in [1.807, 2.05) is 13.8 Å². The molecule has 6 heteroatoms. The lowest BCUT2D eigenvalue weighted by Crippen LogP contribution is -2.31. The first-order chi connectivity index (χ1) is 10.8. The summed E-state index contributed by atoms with van der Waals surface area (Å²) in [5.74, 6) is -1.61. The third kappa shape index (κ3) is 2.60.